The summed E-state index contributed by atoms with van der Waals surface area (Å²) in [5.41, 5.74) is 1.98. The molecule has 0 radical (unpaired) electrons. The van der Waals surface area contributed by atoms with Crippen LogP contribution in [0, 0.1) is 12.7 Å². The van der Waals surface area contributed by atoms with Crippen LogP contribution in [-0.2, 0) is 4.79 Å². The van der Waals surface area contributed by atoms with E-state index in [9.17, 15) is 14.0 Å². The minimum Gasteiger partial charge on any atom is -0.326 e. The highest BCUT2D eigenvalue weighted by Crippen LogP contribution is 2.17. The maximum atomic E-state index is 13.6. The monoisotopic (exact) mass is 286 g/mol. The zero-order chi connectivity index (χ0) is 15.4. The number of halogens is 1. The highest BCUT2D eigenvalue weighted by molar-refractivity contribution is 6.04. The van der Waals surface area contributed by atoms with E-state index in [1.165, 1.54) is 13.0 Å². The predicted octanol–water partition coefficient (Wildman–Crippen LogP) is 3.34. The first-order valence-corrected chi connectivity index (χ1v) is 6.41. The SMILES string of the molecule is CC(=O)Nc1ccc(C(=O)Nc2cc(C)ccc2F)cc1. The van der Waals surface area contributed by atoms with Crippen molar-refractivity contribution < 1.29 is 14.0 Å². The Balaban J connectivity index is 2.13. The van der Waals surface area contributed by atoms with E-state index >= 15 is 0 Å². The molecule has 0 spiro atoms. The quantitative estimate of drug-likeness (QED) is 0.909. The van der Waals surface area contributed by atoms with Crippen LogP contribution >= 0.6 is 0 Å². The smallest absolute Gasteiger partial charge is 0.255 e. The second-order valence-electron chi connectivity index (χ2n) is 4.70. The number of amides is 2. The second kappa shape index (κ2) is 6.17. The lowest BCUT2D eigenvalue weighted by molar-refractivity contribution is -0.114. The summed E-state index contributed by atoms with van der Waals surface area (Å²) >= 11 is 0. The van der Waals surface area contributed by atoms with Crippen LogP contribution in [0.2, 0.25) is 0 Å². The summed E-state index contributed by atoms with van der Waals surface area (Å²) in [4.78, 5) is 23.0. The third kappa shape index (κ3) is 3.89. The van der Waals surface area contributed by atoms with Gasteiger partial charge in [-0.15, -0.1) is 0 Å². The van der Waals surface area contributed by atoms with Crippen molar-refractivity contribution in [2.75, 3.05) is 10.6 Å². The number of hydrogen-bond donors (Lipinski definition) is 2. The Morgan fingerprint density at radius 2 is 1.67 bits per heavy atom. The van der Waals surface area contributed by atoms with Gasteiger partial charge in [0.05, 0.1) is 5.69 Å². The number of nitrogens with one attached hydrogen (secondary N) is 2. The lowest BCUT2D eigenvalue weighted by atomic mass is 10.1. The molecule has 2 rings (SSSR count). The van der Waals surface area contributed by atoms with Crippen molar-refractivity contribution in [1.29, 1.82) is 0 Å². The van der Waals surface area contributed by atoms with Crippen molar-refractivity contribution >= 4 is 23.2 Å². The fourth-order valence-corrected chi connectivity index (χ4v) is 1.84. The molecular weight excluding hydrogens is 271 g/mol. The van der Waals surface area contributed by atoms with Crippen LogP contribution in [0.3, 0.4) is 0 Å². The van der Waals surface area contributed by atoms with Gasteiger partial charge in [-0.3, -0.25) is 9.59 Å². The molecule has 5 heteroatoms. The topological polar surface area (TPSA) is 58.2 Å². The fourth-order valence-electron chi connectivity index (χ4n) is 1.84. The molecule has 0 aromatic heterocycles. The van der Waals surface area contributed by atoms with Crippen LogP contribution in [0.5, 0.6) is 0 Å². The van der Waals surface area contributed by atoms with Gasteiger partial charge in [0.2, 0.25) is 5.91 Å². The Hall–Kier alpha value is -2.69. The van der Waals surface area contributed by atoms with Crippen LogP contribution in [0.1, 0.15) is 22.8 Å². The summed E-state index contributed by atoms with van der Waals surface area (Å²) in [6.07, 6.45) is 0. The van der Waals surface area contributed by atoms with Crippen LogP contribution in [0.15, 0.2) is 42.5 Å². The molecule has 2 N–H and O–H groups in total. The Morgan fingerprint density at radius 3 is 2.29 bits per heavy atom. The molecule has 2 amide bonds. The van der Waals surface area contributed by atoms with Crippen molar-refractivity contribution in [1.82, 2.24) is 0 Å². The van der Waals surface area contributed by atoms with Crippen molar-refractivity contribution in [3.05, 3.63) is 59.4 Å². The molecule has 0 bridgehead atoms. The van der Waals surface area contributed by atoms with Gasteiger partial charge >= 0.3 is 0 Å². The van der Waals surface area contributed by atoms with E-state index in [2.05, 4.69) is 10.6 Å². The van der Waals surface area contributed by atoms with E-state index in [1.807, 2.05) is 6.92 Å². The van der Waals surface area contributed by atoms with E-state index in [1.54, 1.807) is 36.4 Å². The van der Waals surface area contributed by atoms with Gasteiger partial charge < -0.3 is 10.6 Å². The Kier molecular flexibility index (Phi) is 4.33. The molecule has 4 nitrogen and oxygen atoms in total. The van der Waals surface area contributed by atoms with Gasteiger partial charge in [0.15, 0.2) is 0 Å². The minimum atomic E-state index is -0.483. The van der Waals surface area contributed by atoms with Crippen LogP contribution in [-0.4, -0.2) is 11.8 Å². The minimum absolute atomic E-state index is 0.144. The number of benzene rings is 2. The van der Waals surface area contributed by atoms with E-state index in [0.717, 1.165) is 5.56 Å². The number of rotatable bonds is 3. The predicted molar refractivity (Wildman–Crippen MR) is 79.8 cm³/mol. The van der Waals surface area contributed by atoms with Crippen molar-refractivity contribution in [2.45, 2.75) is 13.8 Å². The van der Waals surface area contributed by atoms with Gasteiger partial charge in [-0.2, -0.15) is 0 Å². The second-order valence-corrected chi connectivity index (χ2v) is 4.70. The largest absolute Gasteiger partial charge is 0.326 e. The molecular formula is C16H15FN2O2. The molecule has 0 aliphatic carbocycles. The third-order valence-corrected chi connectivity index (χ3v) is 2.84. The summed E-state index contributed by atoms with van der Waals surface area (Å²) in [5.74, 6) is -1.08. The molecule has 108 valence electrons. The highest BCUT2D eigenvalue weighted by atomic mass is 19.1. The molecule has 2 aromatic carbocycles. The summed E-state index contributed by atoms with van der Waals surface area (Å²) < 4.78 is 13.6. The summed E-state index contributed by atoms with van der Waals surface area (Å²) in [6.45, 7) is 3.22. The van der Waals surface area contributed by atoms with Crippen molar-refractivity contribution in [3.8, 4) is 0 Å². The van der Waals surface area contributed by atoms with Gasteiger partial charge in [-0.1, -0.05) is 6.07 Å². The first-order valence-electron chi connectivity index (χ1n) is 6.41. The number of carbonyl (C=O) groups is 2. The van der Waals surface area contributed by atoms with Crippen molar-refractivity contribution in [2.24, 2.45) is 0 Å². The molecule has 0 fully saturated rings. The van der Waals surface area contributed by atoms with E-state index in [4.69, 9.17) is 0 Å². The maximum absolute atomic E-state index is 13.6. The average molecular weight is 286 g/mol. The molecule has 0 saturated heterocycles. The summed E-state index contributed by atoms with van der Waals surface area (Å²) in [5, 5.41) is 5.13. The number of carbonyl (C=O) groups excluding carboxylic acids is 2. The standard InChI is InChI=1S/C16H15FN2O2/c1-10-3-8-14(17)15(9-10)19-16(21)12-4-6-13(7-5-12)18-11(2)20/h3-9H,1-2H3,(H,18,20)(H,19,21). The molecule has 2 aromatic rings. The van der Waals surface area contributed by atoms with Crippen LogP contribution in [0.25, 0.3) is 0 Å². The molecule has 0 atom stereocenters. The maximum Gasteiger partial charge on any atom is 0.255 e. The summed E-state index contributed by atoms with van der Waals surface area (Å²) in [7, 11) is 0. The Bertz CT molecular complexity index is 681. The van der Waals surface area contributed by atoms with Crippen molar-refractivity contribution in [3.63, 3.8) is 0 Å². The first kappa shape index (κ1) is 14.7. The fraction of sp³-hybridized carbons (Fsp3) is 0.125. The van der Waals surface area contributed by atoms with Crippen LogP contribution in [0.4, 0.5) is 15.8 Å². The van der Waals surface area contributed by atoms with Gasteiger partial charge in [0.25, 0.3) is 5.91 Å². The molecule has 0 aliphatic rings. The average Bonchev–Trinajstić information content (AvgIpc) is 2.43. The number of anilines is 2. The van der Waals surface area contributed by atoms with E-state index < -0.39 is 11.7 Å². The molecule has 0 aliphatic heterocycles. The number of hydrogen-bond acceptors (Lipinski definition) is 2. The van der Waals surface area contributed by atoms with Gasteiger partial charge in [-0.05, 0) is 48.9 Å². The molecule has 0 saturated carbocycles. The number of aryl methyl sites for hydroxylation is 1. The van der Waals surface area contributed by atoms with Crippen LogP contribution < -0.4 is 10.6 Å². The lowest BCUT2D eigenvalue weighted by Gasteiger charge is -2.08. The third-order valence-electron chi connectivity index (χ3n) is 2.84. The lowest BCUT2D eigenvalue weighted by Crippen LogP contribution is -2.13. The van der Waals surface area contributed by atoms with E-state index in [-0.39, 0.29) is 11.6 Å². The zero-order valence-electron chi connectivity index (χ0n) is 11.7. The normalized spacial score (nSPS) is 10.0. The summed E-state index contributed by atoms with van der Waals surface area (Å²) in [6, 6.07) is 10.9. The Morgan fingerprint density at radius 1 is 1.00 bits per heavy atom. The Labute approximate surface area is 122 Å². The first-order chi connectivity index (χ1) is 9.95. The molecule has 21 heavy (non-hydrogen) atoms. The zero-order valence-corrected chi connectivity index (χ0v) is 11.7. The molecule has 0 heterocycles. The van der Waals surface area contributed by atoms with Gasteiger partial charge in [0, 0.05) is 18.2 Å². The van der Waals surface area contributed by atoms with Gasteiger partial charge in [-0.25, -0.2) is 4.39 Å². The molecule has 0 unspecified atom stereocenters. The highest BCUT2D eigenvalue weighted by Gasteiger charge is 2.09. The van der Waals surface area contributed by atoms with Gasteiger partial charge in [0.1, 0.15) is 5.82 Å². The van der Waals surface area contributed by atoms with E-state index in [0.29, 0.717) is 11.3 Å².